The highest BCUT2D eigenvalue weighted by atomic mass is 79.9. The molecule has 2 aromatic heterocycles. The summed E-state index contributed by atoms with van der Waals surface area (Å²) < 4.78 is 1.08. The number of nitrogens with zero attached hydrogens (tertiary/aromatic N) is 1. The third-order valence-electron chi connectivity index (χ3n) is 1.61. The smallest absolute Gasteiger partial charge is 0.115 e. The first-order chi connectivity index (χ1) is 6.27. The first-order valence-electron chi connectivity index (χ1n) is 3.66. The molecular formula is C8H7BrN2S2. The molecule has 2 nitrogen and oxygen atoms in total. The van der Waals surface area contributed by atoms with E-state index < -0.39 is 0 Å². The highest BCUT2D eigenvalue weighted by Gasteiger charge is 2.12. The molecule has 2 aromatic rings. The molecule has 2 heterocycles. The van der Waals surface area contributed by atoms with Crippen molar-refractivity contribution in [1.82, 2.24) is 4.98 Å². The molecule has 0 saturated carbocycles. The molecule has 0 bridgehead atoms. The van der Waals surface area contributed by atoms with Crippen molar-refractivity contribution < 1.29 is 0 Å². The van der Waals surface area contributed by atoms with Gasteiger partial charge in [-0.2, -0.15) is 0 Å². The molecule has 0 aliphatic heterocycles. The summed E-state index contributed by atoms with van der Waals surface area (Å²) in [5.41, 5.74) is 6.01. The fourth-order valence-electron chi connectivity index (χ4n) is 1.00. The number of rotatable bonds is 2. The first-order valence-corrected chi connectivity index (χ1v) is 6.21. The molecule has 0 radical (unpaired) electrons. The number of hydrogen-bond donors (Lipinski definition) is 1. The van der Waals surface area contributed by atoms with Crippen LogP contribution < -0.4 is 5.73 Å². The van der Waals surface area contributed by atoms with Crippen LogP contribution in [0.25, 0.3) is 0 Å². The molecule has 0 saturated heterocycles. The Morgan fingerprint density at radius 1 is 1.46 bits per heavy atom. The zero-order chi connectivity index (χ0) is 9.26. The van der Waals surface area contributed by atoms with E-state index in [1.165, 1.54) is 0 Å². The second-order valence-electron chi connectivity index (χ2n) is 2.52. The first kappa shape index (κ1) is 9.33. The number of nitrogens with two attached hydrogens (primary N) is 1. The fourth-order valence-corrected chi connectivity index (χ4v) is 3.18. The summed E-state index contributed by atoms with van der Waals surface area (Å²) >= 11 is 6.64. The maximum Gasteiger partial charge on any atom is 0.115 e. The summed E-state index contributed by atoms with van der Waals surface area (Å²) in [6.07, 6.45) is 1.78. The van der Waals surface area contributed by atoms with Gasteiger partial charge in [0.2, 0.25) is 0 Å². The predicted octanol–water partition coefficient (Wildman–Crippen LogP) is 3.02. The van der Waals surface area contributed by atoms with Crippen LogP contribution in [0, 0.1) is 0 Å². The van der Waals surface area contributed by atoms with Gasteiger partial charge in [-0.3, -0.25) is 0 Å². The van der Waals surface area contributed by atoms with Gasteiger partial charge < -0.3 is 5.73 Å². The lowest BCUT2D eigenvalue weighted by Gasteiger charge is -2.03. The van der Waals surface area contributed by atoms with E-state index in [2.05, 4.69) is 20.9 Å². The summed E-state index contributed by atoms with van der Waals surface area (Å²) in [7, 11) is 0. The molecule has 2 N–H and O–H groups in total. The van der Waals surface area contributed by atoms with Crippen LogP contribution in [0.1, 0.15) is 15.9 Å². The van der Waals surface area contributed by atoms with E-state index in [-0.39, 0.29) is 6.04 Å². The Morgan fingerprint density at radius 3 is 2.85 bits per heavy atom. The monoisotopic (exact) mass is 274 g/mol. The molecule has 0 fully saturated rings. The van der Waals surface area contributed by atoms with E-state index in [1.54, 1.807) is 28.9 Å². The topological polar surface area (TPSA) is 38.9 Å². The average molecular weight is 275 g/mol. The molecule has 1 atom stereocenters. The lowest BCUT2D eigenvalue weighted by molar-refractivity contribution is 0.877. The van der Waals surface area contributed by atoms with Gasteiger partial charge in [0.25, 0.3) is 0 Å². The maximum atomic E-state index is 6.01. The molecular weight excluding hydrogens is 268 g/mol. The highest BCUT2D eigenvalue weighted by Crippen LogP contribution is 2.28. The van der Waals surface area contributed by atoms with Crippen molar-refractivity contribution in [1.29, 1.82) is 0 Å². The number of halogens is 1. The summed E-state index contributed by atoms with van der Waals surface area (Å²) in [6, 6.07) is 1.97. The largest absolute Gasteiger partial charge is 0.318 e. The van der Waals surface area contributed by atoms with Crippen molar-refractivity contribution in [3.05, 3.63) is 37.4 Å². The summed E-state index contributed by atoms with van der Waals surface area (Å²) in [4.78, 5) is 5.33. The van der Waals surface area contributed by atoms with Crippen LogP contribution in [-0.4, -0.2) is 4.98 Å². The quantitative estimate of drug-likeness (QED) is 0.915. The molecule has 2 rings (SSSR count). The third-order valence-corrected chi connectivity index (χ3v) is 4.25. The Hall–Kier alpha value is -0.230. The SMILES string of the molecule is NC(c1cc(Br)cs1)c1nccs1. The molecule has 0 spiro atoms. The Balaban J connectivity index is 2.28. The molecule has 1 unspecified atom stereocenters. The zero-order valence-electron chi connectivity index (χ0n) is 6.61. The zero-order valence-corrected chi connectivity index (χ0v) is 9.82. The van der Waals surface area contributed by atoms with Crippen molar-refractivity contribution in [2.75, 3.05) is 0 Å². The number of aromatic nitrogens is 1. The minimum atomic E-state index is -0.0729. The second-order valence-corrected chi connectivity index (χ2v) is 5.30. The lowest BCUT2D eigenvalue weighted by atomic mass is 10.3. The van der Waals surface area contributed by atoms with Crippen LogP contribution in [0.4, 0.5) is 0 Å². The highest BCUT2D eigenvalue weighted by molar-refractivity contribution is 9.10. The van der Waals surface area contributed by atoms with E-state index >= 15 is 0 Å². The number of thiazole rings is 1. The predicted molar refractivity (Wildman–Crippen MR) is 60.2 cm³/mol. The standard InChI is InChI=1S/C8H7BrN2S2/c9-5-3-6(13-4-5)7(10)8-11-1-2-12-8/h1-4,7H,10H2. The van der Waals surface area contributed by atoms with Crippen LogP contribution in [0.2, 0.25) is 0 Å². The van der Waals surface area contributed by atoms with Crippen molar-refractivity contribution in [2.24, 2.45) is 5.73 Å². The van der Waals surface area contributed by atoms with Crippen molar-refractivity contribution >= 4 is 38.6 Å². The molecule has 0 aliphatic rings. The second kappa shape index (κ2) is 3.88. The van der Waals surface area contributed by atoms with Crippen LogP contribution in [-0.2, 0) is 0 Å². The van der Waals surface area contributed by atoms with Crippen molar-refractivity contribution in [3.8, 4) is 0 Å². The van der Waals surface area contributed by atoms with Crippen LogP contribution in [0.5, 0.6) is 0 Å². The van der Waals surface area contributed by atoms with Crippen molar-refractivity contribution in [2.45, 2.75) is 6.04 Å². The Bertz CT molecular complexity index is 383. The minimum Gasteiger partial charge on any atom is -0.318 e. The van der Waals surface area contributed by atoms with E-state index in [1.807, 2.05) is 16.8 Å². The van der Waals surface area contributed by atoms with Gasteiger partial charge in [-0.15, -0.1) is 22.7 Å². The number of thiophene rings is 1. The molecule has 0 amide bonds. The van der Waals surface area contributed by atoms with Gasteiger partial charge in [0.15, 0.2) is 0 Å². The van der Waals surface area contributed by atoms with E-state index in [9.17, 15) is 0 Å². The number of hydrogen-bond acceptors (Lipinski definition) is 4. The molecule has 5 heteroatoms. The van der Waals surface area contributed by atoms with E-state index in [0.717, 1.165) is 14.4 Å². The van der Waals surface area contributed by atoms with Gasteiger partial charge in [0.05, 0.1) is 6.04 Å². The molecule has 68 valence electrons. The summed E-state index contributed by atoms with van der Waals surface area (Å²) in [6.45, 7) is 0. The van der Waals surface area contributed by atoms with Gasteiger partial charge in [-0.1, -0.05) is 0 Å². The summed E-state index contributed by atoms with van der Waals surface area (Å²) in [5, 5.41) is 4.94. The van der Waals surface area contributed by atoms with Gasteiger partial charge in [-0.25, -0.2) is 4.98 Å². The third kappa shape index (κ3) is 1.99. The Labute approximate surface area is 92.6 Å². The van der Waals surface area contributed by atoms with Crippen LogP contribution in [0.3, 0.4) is 0 Å². The summed E-state index contributed by atoms with van der Waals surface area (Å²) in [5.74, 6) is 0. The van der Waals surface area contributed by atoms with Gasteiger partial charge in [0, 0.05) is 26.3 Å². The minimum absolute atomic E-state index is 0.0729. The fraction of sp³-hybridized carbons (Fsp3) is 0.125. The maximum absolute atomic E-state index is 6.01. The van der Waals surface area contributed by atoms with E-state index in [0.29, 0.717) is 0 Å². The molecule has 0 aliphatic carbocycles. The van der Waals surface area contributed by atoms with Gasteiger partial charge in [0.1, 0.15) is 5.01 Å². The lowest BCUT2D eigenvalue weighted by Crippen LogP contribution is -2.09. The Morgan fingerprint density at radius 2 is 2.31 bits per heavy atom. The average Bonchev–Trinajstić information content (AvgIpc) is 2.72. The normalized spacial score (nSPS) is 13.1. The van der Waals surface area contributed by atoms with Crippen molar-refractivity contribution in [3.63, 3.8) is 0 Å². The molecule has 0 aromatic carbocycles. The van der Waals surface area contributed by atoms with Crippen LogP contribution >= 0.6 is 38.6 Å². The van der Waals surface area contributed by atoms with E-state index in [4.69, 9.17) is 5.73 Å². The van der Waals surface area contributed by atoms with Crippen LogP contribution in [0.15, 0.2) is 27.5 Å². The van der Waals surface area contributed by atoms with Gasteiger partial charge >= 0.3 is 0 Å². The molecule has 13 heavy (non-hydrogen) atoms. The Kier molecular flexibility index (Phi) is 2.78. The van der Waals surface area contributed by atoms with Gasteiger partial charge in [-0.05, 0) is 22.0 Å².